The molecule has 0 saturated carbocycles. The Bertz CT molecular complexity index is 769. The van der Waals surface area contributed by atoms with Gasteiger partial charge in [-0.05, 0) is 31.4 Å². The number of aromatic nitrogens is 2. The van der Waals surface area contributed by atoms with Gasteiger partial charge in [0.2, 0.25) is 5.91 Å². The maximum Gasteiger partial charge on any atom is 0.225 e. The number of hydrogen-bond acceptors (Lipinski definition) is 3. The molecule has 1 aliphatic heterocycles. The van der Waals surface area contributed by atoms with Gasteiger partial charge in [0, 0.05) is 37.0 Å². The zero-order chi connectivity index (χ0) is 17.3. The van der Waals surface area contributed by atoms with Gasteiger partial charge >= 0.3 is 0 Å². The minimum atomic E-state index is 0.157. The van der Waals surface area contributed by atoms with Gasteiger partial charge in [-0.25, -0.2) is 4.98 Å². The second-order valence-corrected chi connectivity index (χ2v) is 6.74. The molecule has 2 aromatic rings. The number of halogens is 1. The number of fused-ring (bicyclic) bond motifs is 3. The molecule has 3 rings (SSSR count). The molecule has 0 spiro atoms. The van der Waals surface area contributed by atoms with Crippen molar-refractivity contribution in [1.82, 2.24) is 14.5 Å². The zero-order valence-electron chi connectivity index (χ0n) is 14.6. The summed E-state index contributed by atoms with van der Waals surface area (Å²) in [6, 6.07) is 0. The minimum Gasteiger partial charge on any atom is -0.381 e. The number of ether oxygens (including phenoxy) is 1. The lowest BCUT2D eigenvalue weighted by Crippen LogP contribution is -2.38. The number of pyridine rings is 1. The molecule has 1 amide bonds. The second-order valence-electron chi connectivity index (χ2n) is 6.33. The lowest BCUT2D eigenvalue weighted by Gasteiger charge is -2.29. The van der Waals surface area contributed by atoms with Crippen LogP contribution >= 0.6 is 11.6 Å². The fourth-order valence-electron chi connectivity index (χ4n) is 3.40. The molecule has 0 saturated heterocycles. The van der Waals surface area contributed by atoms with Crippen LogP contribution < -0.4 is 0 Å². The molecule has 0 aliphatic carbocycles. The van der Waals surface area contributed by atoms with E-state index >= 15 is 0 Å². The summed E-state index contributed by atoms with van der Waals surface area (Å²) in [5, 5.41) is 1.81. The first-order valence-electron chi connectivity index (χ1n) is 8.52. The number of nitrogens with zero attached hydrogens (tertiary/aromatic N) is 3. The van der Waals surface area contributed by atoms with E-state index in [1.165, 1.54) is 5.56 Å². The highest BCUT2D eigenvalue weighted by molar-refractivity contribution is 6.32. The lowest BCUT2D eigenvalue weighted by atomic mass is 10.1. The fraction of sp³-hybridized carbons (Fsp3) is 0.556. The van der Waals surface area contributed by atoms with Crippen molar-refractivity contribution >= 4 is 28.5 Å². The summed E-state index contributed by atoms with van der Waals surface area (Å²) in [5.41, 5.74) is 4.38. The molecular formula is C18H24ClN3O2. The van der Waals surface area contributed by atoms with Crippen molar-refractivity contribution in [2.45, 2.75) is 46.7 Å². The van der Waals surface area contributed by atoms with Crippen LogP contribution in [-0.4, -0.2) is 40.1 Å². The van der Waals surface area contributed by atoms with Crippen LogP contribution in [0.15, 0.2) is 6.20 Å². The largest absolute Gasteiger partial charge is 0.381 e. The molecule has 2 aromatic heterocycles. The van der Waals surface area contributed by atoms with Gasteiger partial charge in [0.05, 0.1) is 24.6 Å². The molecule has 5 nitrogen and oxygen atoms in total. The Morgan fingerprint density at radius 1 is 1.29 bits per heavy atom. The van der Waals surface area contributed by atoms with Crippen LogP contribution in [0, 0.1) is 13.8 Å². The van der Waals surface area contributed by atoms with Gasteiger partial charge in [0.25, 0.3) is 0 Å². The summed E-state index contributed by atoms with van der Waals surface area (Å²) in [7, 11) is 0. The summed E-state index contributed by atoms with van der Waals surface area (Å²) in [5.74, 6) is 0.157. The van der Waals surface area contributed by atoms with Gasteiger partial charge in [-0.2, -0.15) is 0 Å². The number of aryl methyl sites for hydroxylation is 2. The van der Waals surface area contributed by atoms with Gasteiger partial charge in [0.1, 0.15) is 5.65 Å². The predicted octanol–water partition coefficient (Wildman–Crippen LogP) is 3.47. The zero-order valence-corrected chi connectivity index (χ0v) is 15.3. The normalized spacial score (nSPS) is 14.2. The van der Waals surface area contributed by atoms with E-state index in [-0.39, 0.29) is 5.91 Å². The number of hydrogen-bond donors (Lipinski definition) is 0. The van der Waals surface area contributed by atoms with Crippen molar-refractivity contribution in [2.24, 2.45) is 0 Å². The van der Waals surface area contributed by atoms with Crippen LogP contribution in [0.4, 0.5) is 0 Å². The third-order valence-electron chi connectivity index (χ3n) is 4.74. The Kier molecular flexibility index (Phi) is 5.11. The third-order valence-corrected chi connectivity index (χ3v) is 5.12. The van der Waals surface area contributed by atoms with E-state index in [4.69, 9.17) is 16.3 Å². The fourth-order valence-corrected chi connectivity index (χ4v) is 3.54. The monoisotopic (exact) mass is 349 g/mol. The molecular weight excluding hydrogens is 326 g/mol. The van der Waals surface area contributed by atoms with E-state index in [0.29, 0.717) is 37.7 Å². The van der Waals surface area contributed by atoms with E-state index in [9.17, 15) is 4.79 Å². The average molecular weight is 350 g/mol. The smallest absolute Gasteiger partial charge is 0.225 e. The first-order valence-corrected chi connectivity index (χ1v) is 8.90. The van der Waals surface area contributed by atoms with Crippen LogP contribution in [0.3, 0.4) is 0 Å². The number of carbonyl (C=O) groups excluding carboxylic acids is 1. The van der Waals surface area contributed by atoms with Crippen LogP contribution in [0.1, 0.15) is 36.6 Å². The van der Waals surface area contributed by atoms with Crippen molar-refractivity contribution in [2.75, 3.05) is 19.8 Å². The van der Waals surface area contributed by atoms with Crippen LogP contribution in [0.5, 0.6) is 0 Å². The quantitative estimate of drug-likeness (QED) is 0.776. The first-order chi connectivity index (χ1) is 11.5. The van der Waals surface area contributed by atoms with Crippen molar-refractivity contribution < 1.29 is 9.53 Å². The predicted molar refractivity (Wildman–Crippen MR) is 95.4 cm³/mol. The van der Waals surface area contributed by atoms with Gasteiger partial charge in [-0.15, -0.1) is 0 Å². The Hall–Kier alpha value is -1.59. The maximum atomic E-state index is 12.4. The highest BCUT2D eigenvalue weighted by Crippen LogP contribution is 2.32. The summed E-state index contributed by atoms with van der Waals surface area (Å²) >= 11 is 6.24. The molecule has 6 heteroatoms. The highest BCUT2D eigenvalue weighted by atomic mass is 35.5. The number of amides is 1. The molecule has 0 N–H and O–H groups in total. The Morgan fingerprint density at radius 3 is 2.83 bits per heavy atom. The van der Waals surface area contributed by atoms with E-state index in [1.54, 1.807) is 6.20 Å². The molecule has 3 heterocycles. The third kappa shape index (κ3) is 3.03. The molecule has 24 heavy (non-hydrogen) atoms. The van der Waals surface area contributed by atoms with Gasteiger partial charge < -0.3 is 14.2 Å². The van der Waals surface area contributed by atoms with Crippen LogP contribution in [-0.2, 0) is 22.6 Å². The molecule has 0 bridgehead atoms. The number of rotatable bonds is 5. The van der Waals surface area contributed by atoms with Crippen LogP contribution in [0.2, 0.25) is 5.02 Å². The Labute approximate surface area is 147 Å². The van der Waals surface area contributed by atoms with Crippen molar-refractivity contribution in [3.05, 3.63) is 28.0 Å². The molecule has 0 unspecified atom stereocenters. The minimum absolute atomic E-state index is 0.157. The van der Waals surface area contributed by atoms with Crippen molar-refractivity contribution in [3.63, 3.8) is 0 Å². The standard InChI is InChI=1S/C18H24ClN3O2/c1-4-8-24-9-5-16(23)21-6-7-22-15(11-21)13(3)17-12(2)14(19)10-20-18(17)22/h10H,4-9,11H2,1-3H3. The lowest BCUT2D eigenvalue weighted by molar-refractivity contribution is -0.133. The van der Waals surface area contributed by atoms with Gasteiger partial charge in [0.15, 0.2) is 0 Å². The van der Waals surface area contributed by atoms with Gasteiger partial charge in [-0.1, -0.05) is 18.5 Å². The van der Waals surface area contributed by atoms with Crippen molar-refractivity contribution in [1.29, 1.82) is 0 Å². The van der Waals surface area contributed by atoms with Crippen LogP contribution in [0.25, 0.3) is 11.0 Å². The molecule has 0 atom stereocenters. The maximum absolute atomic E-state index is 12.4. The SMILES string of the molecule is CCCOCCC(=O)N1CCn2c(c(C)c3c(C)c(Cl)cnc32)C1. The summed E-state index contributed by atoms with van der Waals surface area (Å²) in [4.78, 5) is 18.9. The highest BCUT2D eigenvalue weighted by Gasteiger charge is 2.26. The molecule has 1 aliphatic rings. The summed E-state index contributed by atoms with van der Waals surface area (Å²) in [6.45, 7) is 9.52. The topological polar surface area (TPSA) is 47.4 Å². The average Bonchev–Trinajstić information content (AvgIpc) is 2.87. The summed E-state index contributed by atoms with van der Waals surface area (Å²) in [6.07, 6.45) is 3.14. The molecule has 0 fully saturated rings. The van der Waals surface area contributed by atoms with Crippen molar-refractivity contribution in [3.8, 4) is 0 Å². The second kappa shape index (κ2) is 7.11. The van der Waals surface area contributed by atoms with E-state index in [0.717, 1.165) is 35.3 Å². The summed E-state index contributed by atoms with van der Waals surface area (Å²) < 4.78 is 7.66. The molecule has 0 radical (unpaired) electrons. The van der Waals surface area contributed by atoms with E-state index < -0.39 is 0 Å². The van der Waals surface area contributed by atoms with E-state index in [1.807, 2.05) is 11.8 Å². The first kappa shape index (κ1) is 17.2. The molecule has 0 aromatic carbocycles. The Balaban J connectivity index is 1.81. The Morgan fingerprint density at radius 2 is 2.08 bits per heavy atom. The molecule has 130 valence electrons. The number of carbonyl (C=O) groups is 1. The van der Waals surface area contributed by atoms with Gasteiger partial charge in [-0.3, -0.25) is 4.79 Å². The van der Waals surface area contributed by atoms with E-state index in [2.05, 4.69) is 23.4 Å².